The van der Waals surface area contributed by atoms with E-state index in [0.29, 0.717) is 18.7 Å². The first-order chi connectivity index (χ1) is 11.2. The highest BCUT2D eigenvalue weighted by atomic mass is 16.5. The summed E-state index contributed by atoms with van der Waals surface area (Å²) in [5, 5.41) is 2.81. The first kappa shape index (κ1) is 15.8. The molecule has 2 fully saturated rings. The van der Waals surface area contributed by atoms with E-state index in [-0.39, 0.29) is 24.5 Å². The van der Waals surface area contributed by atoms with Crippen LogP contribution < -0.4 is 15.0 Å². The van der Waals surface area contributed by atoms with Crippen molar-refractivity contribution in [2.75, 3.05) is 31.2 Å². The Labute approximate surface area is 135 Å². The topological polar surface area (TPSA) is 67.9 Å². The number of ether oxygens (including phenoxy) is 2. The molecule has 0 spiro atoms. The molecule has 2 amide bonds. The number of hydrogen-bond acceptors (Lipinski definition) is 4. The number of carbonyl (C=O) groups is 2. The molecule has 0 saturated carbocycles. The summed E-state index contributed by atoms with van der Waals surface area (Å²) in [5.41, 5.74) is 0.877. The lowest BCUT2D eigenvalue weighted by atomic mass is 10.2. The van der Waals surface area contributed by atoms with Gasteiger partial charge in [-0.1, -0.05) is 0 Å². The minimum absolute atomic E-state index is 0.0191. The van der Waals surface area contributed by atoms with Gasteiger partial charge in [0.15, 0.2) is 6.61 Å². The van der Waals surface area contributed by atoms with Crippen LogP contribution in [0.15, 0.2) is 24.3 Å². The highest BCUT2D eigenvalue weighted by Crippen LogP contribution is 2.23. The summed E-state index contributed by atoms with van der Waals surface area (Å²) in [6.07, 6.45) is 3.71. The summed E-state index contributed by atoms with van der Waals surface area (Å²) < 4.78 is 10.9. The molecule has 1 N–H and O–H groups in total. The van der Waals surface area contributed by atoms with Gasteiger partial charge in [-0.25, -0.2) is 0 Å². The molecule has 0 unspecified atom stereocenters. The van der Waals surface area contributed by atoms with Gasteiger partial charge in [0, 0.05) is 31.8 Å². The number of benzene rings is 1. The Bertz CT molecular complexity index is 552. The molecule has 2 heterocycles. The second-order valence-corrected chi connectivity index (χ2v) is 5.87. The van der Waals surface area contributed by atoms with Crippen molar-refractivity contribution in [2.45, 2.75) is 31.8 Å². The largest absolute Gasteiger partial charge is 0.484 e. The molecule has 0 aliphatic carbocycles. The van der Waals surface area contributed by atoms with Gasteiger partial charge in [0.2, 0.25) is 5.91 Å². The van der Waals surface area contributed by atoms with Crippen molar-refractivity contribution < 1.29 is 19.1 Å². The Morgan fingerprint density at radius 3 is 2.78 bits per heavy atom. The first-order valence-corrected chi connectivity index (χ1v) is 8.14. The Morgan fingerprint density at radius 1 is 1.30 bits per heavy atom. The van der Waals surface area contributed by atoms with Crippen molar-refractivity contribution in [3.8, 4) is 5.75 Å². The number of nitrogens with one attached hydrogen (secondary N) is 1. The number of rotatable bonds is 6. The van der Waals surface area contributed by atoms with Gasteiger partial charge in [-0.3, -0.25) is 9.59 Å². The van der Waals surface area contributed by atoms with Crippen LogP contribution in [-0.4, -0.2) is 44.2 Å². The molecular formula is C17H22N2O4. The van der Waals surface area contributed by atoms with Crippen molar-refractivity contribution in [1.82, 2.24) is 5.32 Å². The average molecular weight is 318 g/mol. The van der Waals surface area contributed by atoms with Gasteiger partial charge in [0.25, 0.3) is 5.91 Å². The number of nitrogens with zero attached hydrogens (tertiary/aromatic N) is 1. The predicted octanol–water partition coefficient (Wildman–Crippen LogP) is 1.49. The Hall–Kier alpha value is -2.08. The molecule has 1 aromatic rings. The van der Waals surface area contributed by atoms with Crippen molar-refractivity contribution >= 4 is 17.5 Å². The molecule has 2 saturated heterocycles. The molecule has 1 aromatic carbocycles. The molecule has 3 rings (SSSR count). The van der Waals surface area contributed by atoms with Crippen LogP contribution in [0.4, 0.5) is 5.69 Å². The second-order valence-electron chi connectivity index (χ2n) is 5.87. The maximum atomic E-state index is 11.7. The highest BCUT2D eigenvalue weighted by Gasteiger charge is 2.21. The number of hydrogen-bond donors (Lipinski definition) is 1. The van der Waals surface area contributed by atoms with Crippen LogP contribution in [0.1, 0.15) is 25.7 Å². The van der Waals surface area contributed by atoms with Gasteiger partial charge < -0.3 is 19.7 Å². The van der Waals surface area contributed by atoms with E-state index in [2.05, 4.69) is 5.32 Å². The molecule has 124 valence electrons. The van der Waals surface area contributed by atoms with Crippen molar-refractivity contribution in [2.24, 2.45) is 0 Å². The molecule has 6 nitrogen and oxygen atoms in total. The van der Waals surface area contributed by atoms with Gasteiger partial charge in [0.1, 0.15) is 5.75 Å². The molecule has 0 radical (unpaired) electrons. The maximum Gasteiger partial charge on any atom is 0.258 e. The van der Waals surface area contributed by atoms with Crippen LogP contribution in [0.2, 0.25) is 0 Å². The van der Waals surface area contributed by atoms with Crippen LogP contribution in [0.3, 0.4) is 0 Å². The normalized spacial score (nSPS) is 20.8. The molecule has 23 heavy (non-hydrogen) atoms. The fourth-order valence-electron chi connectivity index (χ4n) is 2.88. The molecule has 2 aliphatic heterocycles. The minimum Gasteiger partial charge on any atom is -0.484 e. The Balaban J connectivity index is 1.42. The van der Waals surface area contributed by atoms with Crippen LogP contribution in [-0.2, 0) is 14.3 Å². The van der Waals surface area contributed by atoms with Crippen molar-refractivity contribution in [3.05, 3.63) is 24.3 Å². The Morgan fingerprint density at radius 2 is 2.13 bits per heavy atom. The molecule has 2 aliphatic rings. The molecule has 0 bridgehead atoms. The quantitative estimate of drug-likeness (QED) is 0.863. The van der Waals surface area contributed by atoms with E-state index < -0.39 is 0 Å². The van der Waals surface area contributed by atoms with Gasteiger partial charge in [-0.05, 0) is 43.5 Å². The smallest absolute Gasteiger partial charge is 0.258 e. The average Bonchev–Trinajstić information content (AvgIpc) is 3.23. The monoisotopic (exact) mass is 318 g/mol. The molecule has 1 atom stereocenters. The van der Waals surface area contributed by atoms with Crippen LogP contribution in [0.25, 0.3) is 0 Å². The summed E-state index contributed by atoms with van der Waals surface area (Å²) in [7, 11) is 0. The van der Waals surface area contributed by atoms with E-state index in [4.69, 9.17) is 9.47 Å². The fourth-order valence-corrected chi connectivity index (χ4v) is 2.88. The second kappa shape index (κ2) is 7.46. The third-order valence-corrected chi connectivity index (χ3v) is 4.14. The van der Waals surface area contributed by atoms with E-state index in [1.807, 2.05) is 12.1 Å². The van der Waals surface area contributed by atoms with Crippen LogP contribution >= 0.6 is 0 Å². The van der Waals surface area contributed by atoms with Crippen molar-refractivity contribution in [3.63, 3.8) is 0 Å². The highest BCUT2D eigenvalue weighted by molar-refractivity contribution is 5.95. The SMILES string of the molecule is O=C(COc1ccc(N2CCCC2=O)cc1)NC[C@@H]1CCCO1. The Kier molecular flexibility index (Phi) is 5.12. The maximum absolute atomic E-state index is 11.7. The predicted molar refractivity (Wildman–Crippen MR) is 85.5 cm³/mol. The zero-order chi connectivity index (χ0) is 16.1. The summed E-state index contributed by atoms with van der Waals surface area (Å²) in [6.45, 7) is 2.07. The van der Waals surface area contributed by atoms with E-state index in [1.165, 1.54) is 0 Å². The lowest BCUT2D eigenvalue weighted by molar-refractivity contribution is -0.123. The molecule has 6 heteroatoms. The number of carbonyl (C=O) groups excluding carboxylic acids is 2. The van der Waals surface area contributed by atoms with Gasteiger partial charge >= 0.3 is 0 Å². The van der Waals surface area contributed by atoms with Crippen molar-refractivity contribution in [1.29, 1.82) is 0 Å². The fraction of sp³-hybridized carbons (Fsp3) is 0.529. The zero-order valence-electron chi connectivity index (χ0n) is 13.1. The number of anilines is 1. The van der Waals surface area contributed by atoms with E-state index in [1.54, 1.807) is 17.0 Å². The number of amides is 2. The van der Waals surface area contributed by atoms with Gasteiger partial charge in [-0.15, -0.1) is 0 Å². The van der Waals surface area contributed by atoms with Gasteiger partial charge in [-0.2, -0.15) is 0 Å². The third kappa shape index (κ3) is 4.22. The van der Waals surface area contributed by atoms with Gasteiger partial charge in [0.05, 0.1) is 6.10 Å². The lowest BCUT2D eigenvalue weighted by Gasteiger charge is -2.16. The standard InChI is InChI=1S/C17H22N2O4/c20-16(18-11-15-3-2-10-22-15)12-23-14-7-5-13(6-8-14)19-9-1-4-17(19)21/h5-8,15H,1-4,9-12H2,(H,18,20)/t15-/m0/s1. The summed E-state index contributed by atoms with van der Waals surface area (Å²) in [6, 6.07) is 7.27. The summed E-state index contributed by atoms with van der Waals surface area (Å²) in [5.74, 6) is 0.624. The van der Waals surface area contributed by atoms with E-state index >= 15 is 0 Å². The molecular weight excluding hydrogens is 296 g/mol. The minimum atomic E-state index is -0.153. The van der Waals surface area contributed by atoms with Crippen LogP contribution in [0.5, 0.6) is 5.75 Å². The van der Waals surface area contributed by atoms with E-state index in [9.17, 15) is 9.59 Å². The lowest BCUT2D eigenvalue weighted by Crippen LogP contribution is -2.35. The summed E-state index contributed by atoms with van der Waals surface area (Å²) >= 11 is 0. The first-order valence-electron chi connectivity index (χ1n) is 8.14. The molecule has 0 aromatic heterocycles. The zero-order valence-corrected chi connectivity index (χ0v) is 13.1. The van der Waals surface area contributed by atoms with E-state index in [0.717, 1.165) is 38.1 Å². The van der Waals surface area contributed by atoms with Crippen LogP contribution in [0, 0.1) is 0 Å². The summed E-state index contributed by atoms with van der Waals surface area (Å²) in [4.78, 5) is 25.2. The third-order valence-electron chi connectivity index (χ3n) is 4.14.